The number of carbonyl (C=O) groups excluding carboxylic acids is 1. The van der Waals surface area contributed by atoms with Crippen LogP contribution in [-0.4, -0.2) is 34.8 Å². The lowest BCUT2D eigenvalue weighted by atomic mass is 10.1. The number of ether oxygens (including phenoxy) is 1. The number of hydrogen-bond donors (Lipinski definition) is 2. The average molecular weight is 331 g/mol. The maximum atomic E-state index is 11.5. The molecule has 1 aromatic rings. The van der Waals surface area contributed by atoms with Crippen LogP contribution in [0.5, 0.6) is 0 Å². The molecule has 0 saturated heterocycles. The van der Waals surface area contributed by atoms with Gasteiger partial charge < -0.3 is 15.8 Å². The number of amides is 1. The molecule has 1 heterocycles. The van der Waals surface area contributed by atoms with E-state index in [1.54, 1.807) is 12.4 Å². The molecule has 1 amide bonds. The number of rotatable bonds is 4. The van der Waals surface area contributed by atoms with Crippen LogP contribution in [0.3, 0.4) is 0 Å². The third kappa shape index (κ3) is 5.98. The minimum absolute atomic E-state index is 0.138. The molecule has 19 heavy (non-hydrogen) atoms. The molecule has 7 heteroatoms. The first-order valence-corrected chi connectivity index (χ1v) is 6.75. The molecule has 0 fully saturated rings. The van der Waals surface area contributed by atoms with Gasteiger partial charge in [0.05, 0.1) is 4.47 Å². The Kier molecular flexibility index (Phi) is 5.68. The molecule has 3 N–H and O–H groups in total. The summed E-state index contributed by atoms with van der Waals surface area (Å²) in [5, 5.41) is 2.67. The second-order valence-corrected chi connectivity index (χ2v) is 5.99. The summed E-state index contributed by atoms with van der Waals surface area (Å²) in [6, 6.07) is 0. The molecule has 0 aliphatic heterocycles. The van der Waals surface area contributed by atoms with Crippen LogP contribution in [0.1, 0.15) is 32.5 Å². The molecule has 6 nitrogen and oxygen atoms in total. The highest BCUT2D eigenvalue weighted by Crippen LogP contribution is 2.12. The Hall–Kier alpha value is -1.21. The van der Waals surface area contributed by atoms with Gasteiger partial charge in [0.1, 0.15) is 11.4 Å². The van der Waals surface area contributed by atoms with Crippen LogP contribution < -0.4 is 11.1 Å². The summed E-state index contributed by atoms with van der Waals surface area (Å²) < 4.78 is 5.95. The minimum Gasteiger partial charge on any atom is -0.444 e. The van der Waals surface area contributed by atoms with E-state index in [1.165, 1.54) is 0 Å². The zero-order chi connectivity index (χ0) is 14.5. The molecule has 1 rings (SSSR count). The number of halogens is 1. The molecule has 0 aromatic carbocycles. The summed E-state index contributed by atoms with van der Waals surface area (Å²) >= 11 is 3.27. The predicted molar refractivity (Wildman–Crippen MR) is 75.8 cm³/mol. The molecule has 0 radical (unpaired) electrons. The second-order valence-electron chi connectivity index (χ2n) is 5.07. The van der Waals surface area contributed by atoms with E-state index >= 15 is 0 Å². The largest absolute Gasteiger partial charge is 0.444 e. The Morgan fingerprint density at radius 3 is 2.53 bits per heavy atom. The zero-order valence-electron chi connectivity index (χ0n) is 11.3. The third-order valence-electron chi connectivity index (χ3n) is 2.18. The van der Waals surface area contributed by atoms with E-state index in [0.29, 0.717) is 18.9 Å². The van der Waals surface area contributed by atoms with Gasteiger partial charge in [-0.1, -0.05) is 0 Å². The van der Waals surface area contributed by atoms with E-state index in [4.69, 9.17) is 10.5 Å². The molecule has 0 spiro atoms. The first kappa shape index (κ1) is 15.8. The summed E-state index contributed by atoms with van der Waals surface area (Å²) in [7, 11) is 0. The van der Waals surface area contributed by atoms with Crippen LogP contribution in [-0.2, 0) is 4.74 Å². The third-order valence-corrected chi connectivity index (χ3v) is 2.59. The van der Waals surface area contributed by atoms with Crippen LogP contribution in [0.2, 0.25) is 0 Å². The minimum atomic E-state index is -0.517. The van der Waals surface area contributed by atoms with Crippen molar-refractivity contribution in [2.45, 2.75) is 32.3 Å². The van der Waals surface area contributed by atoms with Crippen LogP contribution in [0.15, 0.2) is 16.9 Å². The summed E-state index contributed by atoms with van der Waals surface area (Å²) in [4.78, 5) is 19.9. The van der Waals surface area contributed by atoms with E-state index in [-0.39, 0.29) is 5.92 Å². The molecule has 0 aliphatic rings. The highest BCUT2D eigenvalue weighted by molar-refractivity contribution is 9.10. The maximum Gasteiger partial charge on any atom is 0.407 e. The summed E-state index contributed by atoms with van der Waals surface area (Å²) in [5.41, 5.74) is 5.16. The lowest BCUT2D eigenvalue weighted by molar-refractivity contribution is 0.0524. The molecule has 1 atom stereocenters. The van der Waals surface area contributed by atoms with E-state index in [2.05, 4.69) is 31.2 Å². The fourth-order valence-corrected chi connectivity index (χ4v) is 1.54. The van der Waals surface area contributed by atoms with Crippen LogP contribution in [0.4, 0.5) is 4.79 Å². The van der Waals surface area contributed by atoms with Crippen molar-refractivity contribution in [2.75, 3.05) is 13.1 Å². The van der Waals surface area contributed by atoms with E-state index in [0.717, 1.165) is 4.47 Å². The standard InChI is InChI=1S/C12H19BrN4O2/c1-12(2,3)19-11(18)17-5-8(4-14)10-15-6-9(13)7-16-10/h6-8H,4-5,14H2,1-3H3,(H,17,18). The van der Waals surface area contributed by atoms with Gasteiger partial charge in [0.15, 0.2) is 0 Å². The van der Waals surface area contributed by atoms with Crippen molar-refractivity contribution in [1.29, 1.82) is 0 Å². The Morgan fingerprint density at radius 2 is 2.05 bits per heavy atom. The molecule has 0 aliphatic carbocycles. The second kappa shape index (κ2) is 6.81. The van der Waals surface area contributed by atoms with Crippen LogP contribution in [0, 0.1) is 0 Å². The van der Waals surface area contributed by atoms with Crippen LogP contribution in [0.25, 0.3) is 0 Å². The Morgan fingerprint density at radius 1 is 1.47 bits per heavy atom. The monoisotopic (exact) mass is 330 g/mol. The molecule has 1 unspecified atom stereocenters. The normalized spacial score (nSPS) is 12.9. The molecule has 1 aromatic heterocycles. The highest BCUT2D eigenvalue weighted by Gasteiger charge is 2.18. The number of alkyl carbamates (subject to hydrolysis) is 1. The van der Waals surface area contributed by atoms with Gasteiger partial charge >= 0.3 is 6.09 Å². The first-order chi connectivity index (χ1) is 8.81. The zero-order valence-corrected chi connectivity index (χ0v) is 12.9. The number of nitrogens with zero attached hydrogens (tertiary/aromatic N) is 2. The lowest BCUT2D eigenvalue weighted by Crippen LogP contribution is -2.36. The lowest BCUT2D eigenvalue weighted by Gasteiger charge is -2.21. The van der Waals surface area contributed by atoms with Gasteiger partial charge in [-0.3, -0.25) is 0 Å². The van der Waals surface area contributed by atoms with Crippen molar-refractivity contribution in [3.05, 3.63) is 22.7 Å². The number of carbonyl (C=O) groups is 1. The number of hydrogen-bond acceptors (Lipinski definition) is 5. The topological polar surface area (TPSA) is 90.1 Å². The van der Waals surface area contributed by atoms with Crippen molar-refractivity contribution < 1.29 is 9.53 Å². The smallest absolute Gasteiger partial charge is 0.407 e. The van der Waals surface area contributed by atoms with Crippen molar-refractivity contribution in [3.63, 3.8) is 0 Å². The number of nitrogens with two attached hydrogens (primary N) is 1. The Balaban J connectivity index is 2.54. The van der Waals surface area contributed by atoms with E-state index in [9.17, 15) is 4.79 Å². The first-order valence-electron chi connectivity index (χ1n) is 5.96. The fraction of sp³-hybridized carbons (Fsp3) is 0.583. The van der Waals surface area contributed by atoms with Crippen molar-refractivity contribution in [3.8, 4) is 0 Å². The molecular formula is C12H19BrN4O2. The van der Waals surface area contributed by atoms with Gasteiger partial charge in [-0.05, 0) is 36.7 Å². The van der Waals surface area contributed by atoms with Gasteiger partial charge in [-0.25, -0.2) is 14.8 Å². The Bertz CT molecular complexity index is 417. The molecule has 0 bridgehead atoms. The van der Waals surface area contributed by atoms with Crippen molar-refractivity contribution in [2.24, 2.45) is 5.73 Å². The SMILES string of the molecule is CC(C)(C)OC(=O)NCC(CN)c1ncc(Br)cn1. The summed E-state index contributed by atoms with van der Waals surface area (Å²) in [5.74, 6) is 0.461. The molecule has 106 valence electrons. The summed E-state index contributed by atoms with van der Waals surface area (Å²) in [6.45, 7) is 6.12. The molecular weight excluding hydrogens is 312 g/mol. The number of aromatic nitrogens is 2. The van der Waals surface area contributed by atoms with Gasteiger partial charge in [0, 0.05) is 31.4 Å². The highest BCUT2D eigenvalue weighted by atomic mass is 79.9. The molecule has 0 saturated carbocycles. The fourth-order valence-electron chi connectivity index (χ4n) is 1.33. The van der Waals surface area contributed by atoms with Gasteiger partial charge in [0.2, 0.25) is 0 Å². The van der Waals surface area contributed by atoms with Gasteiger partial charge in [0.25, 0.3) is 0 Å². The predicted octanol–water partition coefficient (Wildman–Crippen LogP) is 1.81. The van der Waals surface area contributed by atoms with E-state index in [1.807, 2.05) is 20.8 Å². The summed E-state index contributed by atoms with van der Waals surface area (Å²) in [6.07, 6.45) is 2.83. The van der Waals surface area contributed by atoms with Gasteiger partial charge in [-0.2, -0.15) is 0 Å². The van der Waals surface area contributed by atoms with Crippen LogP contribution >= 0.6 is 15.9 Å². The van der Waals surface area contributed by atoms with E-state index < -0.39 is 11.7 Å². The maximum absolute atomic E-state index is 11.5. The quantitative estimate of drug-likeness (QED) is 0.878. The van der Waals surface area contributed by atoms with Crippen molar-refractivity contribution >= 4 is 22.0 Å². The van der Waals surface area contributed by atoms with Crippen molar-refractivity contribution in [1.82, 2.24) is 15.3 Å². The number of nitrogens with one attached hydrogen (secondary N) is 1. The Labute approximate surface area is 121 Å². The van der Waals surface area contributed by atoms with Gasteiger partial charge in [-0.15, -0.1) is 0 Å². The average Bonchev–Trinajstić information content (AvgIpc) is 2.29.